The van der Waals surface area contributed by atoms with Crippen LogP contribution in [0.5, 0.6) is 34.5 Å². The standard InChI is InChI=1S/C34H35NO8/c1-39-27-16-17-29(28(21-27)34(37)38)43-26-14-12-24(13-15-26)22-35(18-8-11-23-9-6-5-7-10-23)33(36)25-19-30(40-2)32(42-4)31(20-25)41-3/h5-7,9-10,12-17,19-21H,8,11,18,22H2,1-4H3,(H,37,38). The summed E-state index contributed by atoms with van der Waals surface area (Å²) in [5, 5.41) is 9.60. The van der Waals surface area contributed by atoms with Crippen molar-refractivity contribution in [1.29, 1.82) is 0 Å². The van der Waals surface area contributed by atoms with Gasteiger partial charge in [0, 0.05) is 18.7 Å². The van der Waals surface area contributed by atoms with Gasteiger partial charge in [-0.2, -0.15) is 0 Å². The first-order valence-corrected chi connectivity index (χ1v) is 13.7. The molecule has 43 heavy (non-hydrogen) atoms. The highest BCUT2D eigenvalue weighted by Crippen LogP contribution is 2.38. The highest BCUT2D eigenvalue weighted by Gasteiger charge is 2.22. The first kappa shape index (κ1) is 30.8. The van der Waals surface area contributed by atoms with E-state index in [9.17, 15) is 14.7 Å². The van der Waals surface area contributed by atoms with Crippen molar-refractivity contribution in [2.24, 2.45) is 0 Å². The van der Waals surface area contributed by atoms with Crippen LogP contribution < -0.4 is 23.7 Å². The lowest BCUT2D eigenvalue weighted by Crippen LogP contribution is -2.32. The van der Waals surface area contributed by atoms with Crippen LogP contribution in [0.15, 0.2) is 84.9 Å². The van der Waals surface area contributed by atoms with Crippen molar-refractivity contribution in [2.75, 3.05) is 35.0 Å². The van der Waals surface area contributed by atoms with Gasteiger partial charge in [-0.05, 0) is 66.4 Å². The van der Waals surface area contributed by atoms with Gasteiger partial charge < -0.3 is 33.7 Å². The molecule has 1 N–H and O–H groups in total. The summed E-state index contributed by atoms with van der Waals surface area (Å²) in [6.07, 6.45) is 1.58. The summed E-state index contributed by atoms with van der Waals surface area (Å²) in [5.41, 5.74) is 2.48. The maximum atomic E-state index is 13.9. The molecule has 0 unspecified atom stereocenters. The fourth-order valence-electron chi connectivity index (χ4n) is 4.66. The average Bonchev–Trinajstić information content (AvgIpc) is 3.04. The van der Waals surface area contributed by atoms with Crippen LogP contribution in [0.4, 0.5) is 0 Å². The van der Waals surface area contributed by atoms with Gasteiger partial charge in [-0.3, -0.25) is 4.79 Å². The number of nitrogens with zero attached hydrogens (tertiary/aromatic N) is 1. The van der Waals surface area contributed by atoms with E-state index in [4.69, 9.17) is 23.7 Å². The van der Waals surface area contributed by atoms with E-state index in [1.165, 1.54) is 40.1 Å². The van der Waals surface area contributed by atoms with Crippen LogP contribution in [-0.4, -0.2) is 56.9 Å². The summed E-state index contributed by atoms with van der Waals surface area (Å²) in [7, 11) is 6.01. The summed E-state index contributed by atoms with van der Waals surface area (Å²) in [6, 6.07) is 25.2. The second-order valence-corrected chi connectivity index (χ2v) is 9.64. The van der Waals surface area contributed by atoms with Gasteiger partial charge in [-0.25, -0.2) is 4.79 Å². The zero-order valence-corrected chi connectivity index (χ0v) is 24.7. The fraction of sp³-hybridized carbons (Fsp3) is 0.235. The number of aryl methyl sites for hydroxylation is 1. The van der Waals surface area contributed by atoms with Crippen LogP contribution >= 0.6 is 0 Å². The van der Waals surface area contributed by atoms with Crippen molar-refractivity contribution < 1.29 is 38.4 Å². The topological polar surface area (TPSA) is 104 Å². The molecule has 0 fully saturated rings. The zero-order chi connectivity index (χ0) is 30.8. The second-order valence-electron chi connectivity index (χ2n) is 9.64. The van der Waals surface area contributed by atoms with E-state index in [-0.39, 0.29) is 17.2 Å². The van der Waals surface area contributed by atoms with Crippen molar-refractivity contribution in [3.8, 4) is 34.5 Å². The third kappa shape index (κ3) is 7.77. The maximum Gasteiger partial charge on any atom is 0.339 e. The van der Waals surface area contributed by atoms with Gasteiger partial charge in [0.15, 0.2) is 11.5 Å². The Morgan fingerprint density at radius 2 is 1.35 bits per heavy atom. The molecule has 0 aliphatic carbocycles. The lowest BCUT2D eigenvalue weighted by atomic mass is 10.1. The predicted molar refractivity (Wildman–Crippen MR) is 162 cm³/mol. The second kappa shape index (κ2) is 14.6. The van der Waals surface area contributed by atoms with Gasteiger partial charge in [-0.15, -0.1) is 0 Å². The van der Waals surface area contributed by atoms with Crippen LogP contribution in [0.1, 0.15) is 38.3 Å². The lowest BCUT2D eigenvalue weighted by Gasteiger charge is -2.24. The highest BCUT2D eigenvalue weighted by molar-refractivity contribution is 5.95. The van der Waals surface area contributed by atoms with Crippen molar-refractivity contribution >= 4 is 11.9 Å². The third-order valence-electron chi connectivity index (χ3n) is 6.88. The lowest BCUT2D eigenvalue weighted by molar-refractivity contribution is 0.0692. The van der Waals surface area contributed by atoms with E-state index < -0.39 is 5.97 Å². The van der Waals surface area contributed by atoms with Gasteiger partial charge in [0.05, 0.1) is 28.4 Å². The first-order chi connectivity index (χ1) is 20.9. The number of carboxylic acid groups (broad SMARTS) is 1. The molecular formula is C34H35NO8. The van der Waals surface area contributed by atoms with Crippen molar-refractivity contribution in [3.05, 3.63) is 107 Å². The molecule has 9 heteroatoms. The number of rotatable bonds is 14. The number of hydrogen-bond acceptors (Lipinski definition) is 7. The molecule has 0 bridgehead atoms. The number of methoxy groups -OCH3 is 4. The smallest absolute Gasteiger partial charge is 0.339 e. The minimum Gasteiger partial charge on any atom is -0.497 e. The number of carbonyl (C=O) groups excluding carboxylic acids is 1. The predicted octanol–water partition coefficient (Wildman–Crippen LogP) is 6.49. The SMILES string of the molecule is COc1ccc(Oc2ccc(CN(CCCc3ccccc3)C(=O)c3cc(OC)c(OC)c(OC)c3)cc2)c(C(=O)O)c1. The van der Waals surface area contributed by atoms with E-state index in [0.717, 1.165) is 18.4 Å². The Hall–Kier alpha value is -5.18. The third-order valence-corrected chi connectivity index (χ3v) is 6.88. The quantitative estimate of drug-likeness (QED) is 0.179. The molecule has 1 amide bonds. The molecule has 0 heterocycles. The molecule has 0 radical (unpaired) electrons. The van der Waals surface area contributed by atoms with Crippen LogP contribution in [0.2, 0.25) is 0 Å². The maximum absolute atomic E-state index is 13.9. The molecule has 9 nitrogen and oxygen atoms in total. The number of ether oxygens (including phenoxy) is 5. The van der Waals surface area contributed by atoms with Crippen LogP contribution in [0.25, 0.3) is 0 Å². The fourth-order valence-corrected chi connectivity index (χ4v) is 4.66. The minimum atomic E-state index is -1.12. The van der Waals surface area contributed by atoms with E-state index in [1.807, 2.05) is 30.3 Å². The molecule has 224 valence electrons. The molecule has 4 aromatic rings. The van der Waals surface area contributed by atoms with Crippen LogP contribution in [-0.2, 0) is 13.0 Å². The zero-order valence-electron chi connectivity index (χ0n) is 24.7. The van der Waals surface area contributed by atoms with Gasteiger partial charge in [0.1, 0.15) is 22.8 Å². The monoisotopic (exact) mass is 585 g/mol. The summed E-state index contributed by atoms with van der Waals surface area (Å²) in [6.45, 7) is 0.851. The number of hydrogen-bond donors (Lipinski definition) is 1. The number of carboxylic acids is 1. The van der Waals surface area contributed by atoms with Crippen LogP contribution in [0.3, 0.4) is 0 Å². The van der Waals surface area contributed by atoms with Crippen molar-refractivity contribution in [1.82, 2.24) is 4.90 Å². The Labute approximate surface area is 251 Å². The Bertz CT molecular complexity index is 1510. The van der Waals surface area contributed by atoms with Crippen molar-refractivity contribution in [2.45, 2.75) is 19.4 Å². The molecule has 0 aliphatic heterocycles. The number of amides is 1. The molecule has 4 aromatic carbocycles. The Kier molecular flexibility index (Phi) is 10.5. The number of aromatic carboxylic acids is 1. The normalized spacial score (nSPS) is 10.5. The molecule has 0 atom stereocenters. The summed E-state index contributed by atoms with van der Waals surface area (Å²) >= 11 is 0. The summed E-state index contributed by atoms with van der Waals surface area (Å²) in [4.78, 5) is 27.4. The average molecular weight is 586 g/mol. The first-order valence-electron chi connectivity index (χ1n) is 13.7. The van der Waals surface area contributed by atoms with Crippen molar-refractivity contribution in [3.63, 3.8) is 0 Å². The molecule has 0 spiro atoms. The molecule has 0 aromatic heterocycles. The van der Waals surface area contributed by atoms with E-state index in [0.29, 0.717) is 47.4 Å². The highest BCUT2D eigenvalue weighted by atomic mass is 16.5. The minimum absolute atomic E-state index is 0.0102. The Morgan fingerprint density at radius 1 is 0.698 bits per heavy atom. The summed E-state index contributed by atoms with van der Waals surface area (Å²) in [5.74, 6) is 0.980. The Morgan fingerprint density at radius 3 is 1.93 bits per heavy atom. The number of carbonyl (C=O) groups is 2. The molecular weight excluding hydrogens is 550 g/mol. The number of benzene rings is 4. The largest absolute Gasteiger partial charge is 0.497 e. The van der Waals surface area contributed by atoms with E-state index in [2.05, 4.69) is 12.1 Å². The Balaban J connectivity index is 1.56. The summed E-state index contributed by atoms with van der Waals surface area (Å²) < 4.78 is 27.4. The van der Waals surface area contributed by atoms with Gasteiger partial charge in [0.25, 0.3) is 5.91 Å². The molecule has 4 rings (SSSR count). The van der Waals surface area contributed by atoms with Gasteiger partial charge in [-0.1, -0.05) is 42.5 Å². The molecule has 0 saturated heterocycles. The molecule has 0 saturated carbocycles. The van der Waals surface area contributed by atoms with E-state index in [1.54, 1.807) is 41.3 Å². The van der Waals surface area contributed by atoms with Crippen LogP contribution in [0, 0.1) is 0 Å². The molecule has 0 aliphatic rings. The van der Waals surface area contributed by atoms with E-state index >= 15 is 0 Å². The van der Waals surface area contributed by atoms with Gasteiger partial charge >= 0.3 is 5.97 Å². The van der Waals surface area contributed by atoms with Gasteiger partial charge in [0.2, 0.25) is 5.75 Å².